The fourth-order valence-corrected chi connectivity index (χ4v) is 2.06. The predicted octanol–water partition coefficient (Wildman–Crippen LogP) is 1.66. The highest BCUT2D eigenvalue weighted by Crippen LogP contribution is 2.29. The van der Waals surface area contributed by atoms with E-state index in [1.807, 2.05) is 0 Å². The van der Waals surface area contributed by atoms with Crippen LogP contribution in [0.4, 0.5) is 10.5 Å². The molecule has 0 saturated heterocycles. The lowest BCUT2D eigenvalue weighted by molar-refractivity contribution is -0.131. The molecule has 0 atom stereocenters. The predicted molar refractivity (Wildman–Crippen MR) is 80.7 cm³/mol. The molecule has 0 unspecified atom stereocenters. The zero-order valence-corrected chi connectivity index (χ0v) is 12.6. The van der Waals surface area contributed by atoms with Gasteiger partial charge in [-0.15, -0.1) is 0 Å². The van der Waals surface area contributed by atoms with Crippen molar-refractivity contribution in [3.05, 3.63) is 23.3 Å². The molecule has 0 fully saturated rings. The van der Waals surface area contributed by atoms with Gasteiger partial charge >= 0.3 is 12.0 Å². The number of nitrogens with one attached hydrogen (secondary N) is 2. The van der Waals surface area contributed by atoms with E-state index >= 15 is 0 Å². The van der Waals surface area contributed by atoms with Gasteiger partial charge in [0.05, 0.1) is 5.69 Å². The number of hydrogen-bond donors (Lipinski definition) is 3. The van der Waals surface area contributed by atoms with E-state index in [4.69, 9.17) is 15.9 Å². The smallest absolute Gasteiger partial charge is 0.328 e. The van der Waals surface area contributed by atoms with Crippen molar-refractivity contribution in [2.24, 2.45) is 5.73 Å². The molecule has 1 aromatic rings. The maximum atomic E-state index is 12.1. The van der Waals surface area contributed by atoms with Gasteiger partial charge < -0.3 is 15.8 Å². The summed E-state index contributed by atoms with van der Waals surface area (Å²) in [6.45, 7) is 7.02. The Morgan fingerprint density at radius 3 is 2.24 bits per heavy atom. The zero-order valence-electron chi connectivity index (χ0n) is 12.6. The van der Waals surface area contributed by atoms with Crippen LogP contribution < -0.4 is 20.7 Å². The summed E-state index contributed by atoms with van der Waals surface area (Å²) in [4.78, 5) is 24.2. The number of nitrogens with two attached hydrogens (primary N) is 1. The fraction of sp³-hybridized carbons (Fsp3) is 0.357. The Hall–Kier alpha value is -2.57. The first-order valence-corrected chi connectivity index (χ1v) is 6.49. The Balaban J connectivity index is 3.30. The molecule has 0 saturated carbocycles. The summed E-state index contributed by atoms with van der Waals surface area (Å²) >= 11 is 0. The van der Waals surface area contributed by atoms with Crippen LogP contribution in [0.25, 0.3) is 0 Å². The minimum absolute atomic E-state index is 0.382. The number of guanidine groups is 1. The van der Waals surface area contributed by atoms with Crippen LogP contribution in [0.5, 0.6) is 5.75 Å². The van der Waals surface area contributed by atoms with E-state index in [0.717, 1.165) is 4.90 Å². The lowest BCUT2D eigenvalue weighted by atomic mass is 10.1. The van der Waals surface area contributed by atoms with E-state index in [9.17, 15) is 9.59 Å². The summed E-state index contributed by atoms with van der Waals surface area (Å²) in [6, 6.07) is 2.77. The molecule has 1 rings (SSSR count). The van der Waals surface area contributed by atoms with Crippen molar-refractivity contribution in [1.29, 1.82) is 5.41 Å². The molecule has 7 nitrogen and oxygen atoms in total. The minimum Gasteiger partial charge on any atom is -0.427 e. The second-order valence-corrected chi connectivity index (χ2v) is 4.56. The molecule has 0 aliphatic rings. The molecule has 114 valence electrons. The molecular formula is C14H20N4O3. The largest absolute Gasteiger partial charge is 0.427 e. The van der Waals surface area contributed by atoms with Gasteiger partial charge in [-0.25, -0.2) is 9.69 Å². The first kappa shape index (κ1) is 16.5. The van der Waals surface area contributed by atoms with E-state index in [1.54, 1.807) is 32.9 Å². The summed E-state index contributed by atoms with van der Waals surface area (Å²) in [5.41, 5.74) is 7.37. The fourth-order valence-electron chi connectivity index (χ4n) is 2.06. The average molecular weight is 292 g/mol. The molecule has 1 aromatic carbocycles. The number of hydrogen-bond acceptors (Lipinski definition) is 4. The van der Waals surface area contributed by atoms with Crippen molar-refractivity contribution in [2.45, 2.75) is 27.7 Å². The molecule has 0 aliphatic carbocycles. The van der Waals surface area contributed by atoms with Crippen molar-refractivity contribution in [1.82, 2.24) is 5.32 Å². The van der Waals surface area contributed by atoms with Crippen molar-refractivity contribution in [3.63, 3.8) is 0 Å². The van der Waals surface area contributed by atoms with Crippen LogP contribution in [0.3, 0.4) is 0 Å². The van der Waals surface area contributed by atoms with Crippen LogP contribution in [-0.2, 0) is 4.79 Å². The number of carbonyl (C=O) groups is 2. The number of carbonyl (C=O) groups excluding carboxylic acids is 2. The minimum atomic E-state index is -0.476. The Morgan fingerprint density at radius 2 is 1.86 bits per heavy atom. The summed E-state index contributed by atoms with van der Waals surface area (Å²) in [5.74, 6) is -0.415. The molecule has 2 amide bonds. The van der Waals surface area contributed by atoms with E-state index in [2.05, 4.69) is 5.32 Å². The lowest BCUT2D eigenvalue weighted by Crippen LogP contribution is -2.47. The van der Waals surface area contributed by atoms with Crippen molar-refractivity contribution < 1.29 is 14.3 Å². The number of anilines is 1. The van der Waals surface area contributed by atoms with E-state index in [-0.39, 0.29) is 5.96 Å². The van der Waals surface area contributed by atoms with Crippen molar-refractivity contribution in [2.75, 3.05) is 11.4 Å². The van der Waals surface area contributed by atoms with Gasteiger partial charge in [-0.3, -0.25) is 10.2 Å². The molecule has 4 N–H and O–H groups in total. The second kappa shape index (κ2) is 6.74. The zero-order chi connectivity index (χ0) is 16.2. The number of benzene rings is 1. The Bertz CT molecular complexity index is 561. The van der Waals surface area contributed by atoms with Crippen LogP contribution in [0, 0.1) is 19.3 Å². The number of aryl methyl sites for hydroxylation is 2. The van der Waals surface area contributed by atoms with Gasteiger partial charge in [0.1, 0.15) is 5.75 Å². The van der Waals surface area contributed by atoms with Gasteiger partial charge in [-0.2, -0.15) is 0 Å². The molecule has 0 aromatic heterocycles. The third kappa shape index (κ3) is 3.95. The highest BCUT2D eigenvalue weighted by atomic mass is 16.5. The van der Waals surface area contributed by atoms with Crippen LogP contribution in [0.15, 0.2) is 12.1 Å². The van der Waals surface area contributed by atoms with E-state index in [1.165, 1.54) is 6.92 Å². The topological polar surface area (TPSA) is 109 Å². The third-order valence-corrected chi connectivity index (χ3v) is 2.72. The average Bonchev–Trinajstić information content (AvgIpc) is 2.32. The monoisotopic (exact) mass is 292 g/mol. The summed E-state index contributed by atoms with van der Waals surface area (Å²) in [7, 11) is 0. The number of amides is 2. The first-order chi connectivity index (χ1) is 9.77. The van der Waals surface area contributed by atoms with Gasteiger partial charge in [0, 0.05) is 13.5 Å². The summed E-state index contributed by atoms with van der Waals surface area (Å²) in [5, 5.41) is 10.2. The van der Waals surface area contributed by atoms with Gasteiger partial charge in [0.15, 0.2) is 0 Å². The van der Waals surface area contributed by atoms with Crippen molar-refractivity contribution in [3.8, 4) is 5.75 Å². The normalized spacial score (nSPS) is 9.90. The molecule has 0 aliphatic heterocycles. The second-order valence-electron chi connectivity index (χ2n) is 4.56. The standard InChI is InChI=1S/C14H20N4O3/c1-5-17-14(20)18(13(15)16)12-8(2)6-11(7-9(12)3)21-10(4)19/h6-7H,5H2,1-4H3,(H3,15,16)(H,17,20). The maximum Gasteiger partial charge on any atom is 0.328 e. The van der Waals surface area contributed by atoms with Gasteiger partial charge in [-0.1, -0.05) is 0 Å². The molecule has 0 spiro atoms. The number of rotatable bonds is 3. The van der Waals surface area contributed by atoms with Crippen LogP contribution >= 0.6 is 0 Å². The summed E-state index contributed by atoms with van der Waals surface area (Å²) in [6.07, 6.45) is 0. The highest BCUT2D eigenvalue weighted by Gasteiger charge is 2.22. The molecule has 0 radical (unpaired) electrons. The Kier molecular flexibility index (Phi) is 5.29. The molecule has 0 heterocycles. The van der Waals surface area contributed by atoms with Crippen LogP contribution in [-0.4, -0.2) is 24.5 Å². The molecule has 7 heteroatoms. The van der Waals surface area contributed by atoms with Crippen LogP contribution in [0.2, 0.25) is 0 Å². The van der Waals surface area contributed by atoms with Gasteiger partial charge in [0.2, 0.25) is 5.96 Å². The first-order valence-electron chi connectivity index (χ1n) is 6.49. The number of urea groups is 1. The third-order valence-electron chi connectivity index (χ3n) is 2.72. The van der Waals surface area contributed by atoms with Gasteiger partial charge in [0.25, 0.3) is 0 Å². The summed E-state index contributed by atoms with van der Waals surface area (Å²) < 4.78 is 5.04. The van der Waals surface area contributed by atoms with Gasteiger partial charge in [-0.05, 0) is 44.0 Å². The lowest BCUT2D eigenvalue weighted by Gasteiger charge is -2.25. The Labute approximate surface area is 123 Å². The molecule has 21 heavy (non-hydrogen) atoms. The van der Waals surface area contributed by atoms with E-state index < -0.39 is 12.0 Å². The number of ether oxygens (including phenoxy) is 1. The molecular weight excluding hydrogens is 272 g/mol. The van der Waals surface area contributed by atoms with E-state index in [0.29, 0.717) is 29.1 Å². The van der Waals surface area contributed by atoms with Crippen molar-refractivity contribution >= 4 is 23.6 Å². The Morgan fingerprint density at radius 1 is 1.33 bits per heavy atom. The number of nitrogens with zero attached hydrogens (tertiary/aromatic N) is 1. The van der Waals surface area contributed by atoms with Crippen LogP contribution in [0.1, 0.15) is 25.0 Å². The number of esters is 1. The molecule has 0 bridgehead atoms. The highest BCUT2D eigenvalue weighted by molar-refractivity contribution is 6.14. The SMILES string of the molecule is CCNC(=O)N(C(=N)N)c1c(C)cc(OC(C)=O)cc1C. The maximum absolute atomic E-state index is 12.1. The quantitative estimate of drug-likeness (QED) is 0.340.